The van der Waals surface area contributed by atoms with Gasteiger partial charge >= 0.3 is 0 Å². The highest BCUT2D eigenvalue weighted by Gasteiger charge is 2.29. The second-order valence-electron chi connectivity index (χ2n) is 2.63. The molecule has 0 amide bonds. The van der Waals surface area contributed by atoms with Gasteiger partial charge in [-0.1, -0.05) is 0 Å². The predicted octanol–water partition coefficient (Wildman–Crippen LogP) is 2.29. The number of nitro groups is 1. The van der Waals surface area contributed by atoms with Crippen molar-refractivity contribution in [1.82, 2.24) is 0 Å². The molecule has 0 saturated carbocycles. The van der Waals surface area contributed by atoms with E-state index in [1.165, 1.54) is 13.2 Å². The lowest BCUT2D eigenvalue weighted by atomic mass is 10.3. The van der Waals surface area contributed by atoms with Crippen molar-refractivity contribution < 1.29 is 18.1 Å². The number of benzene rings is 1. The summed E-state index contributed by atoms with van der Waals surface area (Å²) < 4.78 is 27.2. The molecule has 0 spiro atoms. The van der Waals surface area contributed by atoms with Gasteiger partial charge in [0.15, 0.2) is 4.90 Å². The molecule has 0 N–H and O–H groups in total. The zero-order valence-electron chi connectivity index (χ0n) is 7.81. The van der Waals surface area contributed by atoms with Crippen LogP contribution in [-0.4, -0.2) is 20.5 Å². The fraction of sp³-hybridized carbons (Fsp3) is 0.143. The molecule has 0 atom stereocenters. The highest BCUT2D eigenvalue weighted by Crippen LogP contribution is 2.39. The minimum absolute atomic E-state index is 0.0702. The van der Waals surface area contributed by atoms with Crippen LogP contribution >= 0.6 is 26.6 Å². The summed E-state index contributed by atoms with van der Waals surface area (Å²) in [6.07, 6.45) is 0. The molecule has 0 aliphatic heterocycles. The van der Waals surface area contributed by atoms with Crippen molar-refractivity contribution in [2.75, 3.05) is 7.11 Å². The van der Waals surface area contributed by atoms with Gasteiger partial charge in [0.2, 0.25) is 0 Å². The normalized spacial score (nSPS) is 11.2. The zero-order chi connectivity index (χ0) is 12.5. The smallest absolute Gasteiger partial charge is 0.290 e. The molecule has 0 bridgehead atoms. The van der Waals surface area contributed by atoms with E-state index < -0.39 is 24.6 Å². The standard InChI is InChI=1S/C7H5BrClNO5S/c1-15-5-3-2-4(10(11)12)7(6(5)8)16(9,13)14/h2-3H,1H3. The van der Waals surface area contributed by atoms with Crippen LogP contribution in [0.1, 0.15) is 0 Å². The van der Waals surface area contributed by atoms with Crippen molar-refractivity contribution in [2.45, 2.75) is 4.90 Å². The molecule has 0 heterocycles. The van der Waals surface area contributed by atoms with Crippen molar-refractivity contribution in [2.24, 2.45) is 0 Å². The number of hydrogen-bond acceptors (Lipinski definition) is 5. The molecule has 0 saturated heterocycles. The number of nitrogens with zero attached hydrogens (tertiary/aromatic N) is 1. The Morgan fingerprint density at radius 3 is 2.44 bits per heavy atom. The molecule has 0 aromatic heterocycles. The summed E-state index contributed by atoms with van der Waals surface area (Å²) in [6.45, 7) is 0. The van der Waals surface area contributed by atoms with Crippen LogP contribution in [0.5, 0.6) is 5.75 Å². The van der Waals surface area contributed by atoms with E-state index in [1.807, 2.05) is 0 Å². The summed E-state index contributed by atoms with van der Waals surface area (Å²) in [7, 11) is 2.19. The maximum absolute atomic E-state index is 11.2. The average molecular weight is 331 g/mol. The predicted molar refractivity (Wildman–Crippen MR) is 60.4 cm³/mol. The van der Waals surface area contributed by atoms with Gasteiger partial charge < -0.3 is 4.74 Å². The third kappa shape index (κ3) is 2.45. The quantitative estimate of drug-likeness (QED) is 0.482. The second kappa shape index (κ2) is 4.56. The van der Waals surface area contributed by atoms with Crippen LogP contribution < -0.4 is 4.74 Å². The molecule has 0 radical (unpaired) electrons. The molecule has 16 heavy (non-hydrogen) atoms. The average Bonchev–Trinajstić information content (AvgIpc) is 2.14. The van der Waals surface area contributed by atoms with E-state index in [2.05, 4.69) is 15.9 Å². The summed E-state index contributed by atoms with van der Waals surface area (Å²) in [4.78, 5) is 9.19. The maximum atomic E-state index is 11.2. The topological polar surface area (TPSA) is 86.5 Å². The molecular weight excluding hydrogens is 326 g/mol. The summed E-state index contributed by atoms with van der Waals surface area (Å²) in [5.41, 5.74) is -0.609. The van der Waals surface area contributed by atoms with Gasteiger partial charge in [-0.05, 0) is 22.0 Å². The largest absolute Gasteiger partial charge is 0.496 e. The van der Waals surface area contributed by atoms with Crippen LogP contribution in [0.25, 0.3) is 0 Å². The summed E-state index contributed by atoms with van der Waals surface area (Å²) in [6, 6.07) is 2.28. The van der Waals surface area contributed by atoms with Crippen molar-refractivity contribution in [1.29, 1.82) is 0 Å². The Balaban J connectivity index is 3.70. The van der Waals surface area contributed by atoms with Gasteiger partial charge in [-0.3, -0.25) is 10.1 Å². The molecule has 1 aromatic rings. The minimum atomic E-state index is -4.24. The molecule has 6 nitrogen and oxygen atoms in total. The number of hydrogen-bond donors (Lipinski definition) is 0. The first-order valence-corrected chi connectivity index (χ1v) is 6.84. The number of methoxy groups -OCH3 is 1. The van der Waals surface area contributed by atoms with Crippen LogP contribution in [0.3, 0.4) is 0 Å². The van der Waals surface area contributed by atoms with E-state index in [1.54, 1.807) is 0 Å². The number of rotatable bonds is 3. The molecule has 0 aliphatic rings. The van der Waals surface area contributed by atoms with Crippen LogP contribution in [0.4, 0.5) is 5.69 Å². The Labute approximate surface area is 104 Å². The molecule has 88 valence electrons. The van der Waals surface area contributed by atoms with Crippen molar-refractivity contribution in [3.8, 4) is 5.75 Å². The first-order chi connectivity index (χ1) is 7.29. The highest BCUT2D eigenvalue weighted by molar-refractivity contribution is 9.10. The van der Waals surface area contributed by atoms with Crippen molar-refractivity contribution >= 4 is 41.4 Å². The summed E-state index contributed by atoms with van der Waals surface area (Å²) in [5, 5.41) is 10.6. The second-order valence-corrected chi connectivity index (χ2v) is 5.92. The van der Waals surface area contributed by atoms with Crippen LogP contribution in [0.2, 0.25) is 0 Å². The molecule has 0 aliphatic carbocycles. The van der Waals surface area contributed by atoms with Gasteiger partial charge in [0.1, 0.15) is 5.75 Å². The third-order valence-electron chi connectivity index (χ3n) is 1.70. The van der Waals surface area contributed by atoms with Gasteiger partial charge in [-0.15, -0.1) is 0 Å². The van der Waals surface area contributed by atoms with Crippen molar-refractivity contribution in [3.63, 3.8) is 0 Å². The minimum Gasteiger partial charge on any atom is -0.496 e. The lowest BCUT2D eigenvalue weighted by molar-refractivity contribution is -0.387. The monoisotopic (exact) mass is 329 g/mol. The molecule has 0 unspecified atom stereocenters. The Kier molecular flexibility index (Phi) is 3.76. The molecule has 1 rings (SSSR count). The van der Waals surface area contributed by atoms with Crippen molar-refractivity contribution in [3.05, 3.63) is 26.7 Å². The van der Waals surface area contributed by atoms with E-state index in [9.17, 15) is 18.5 Å². The first-order valence-electron chi connectivity index (χ1n) is 3.74. The van der Waals surface area contributed by atoms with Gasteiger partial charge in [-0.25, -0.2) is 8.42 Å². The van der Waals surface area contributed by atoms with Crippen LogP contribution in [0, 0.1) is 10.1 Å². The zero-order valence-corrected chi connectivity index (χ0v) is 11.0. The molecular formula is C7H5BrClNO5S. The van der Waals surface area contributed by atoms with E-state index >= 15 is 0 Å². The van der Waals surface area contributed by atoms with E-state index in [0.29, 0.717) is 0 Å². The van der Waals surface area contributed by atoms with Gasteiger partial charge in [0.25, 0.3) is 14.7 Å². The van der Waals surface area contributed by atoms with E-state index in [4.69, 9.17) is 15.4 Å². The first kappa shape index (κ1) is 13.2. The number of nitro benzene ring substituents is 1. The fourth-order valence-corrected chi connectivity index (χ4v) is 3.65. The van der Waals surface area contributed by atoms with Gasteiger partial charge in [-0.2, -0.15) is 0 Å². The maximum Gasteiger partial charge on any atom is 0.290 e. The Morgan fingerprint density at radius 2 is 2.06 bits per heavy atom. The fourth-order valence-electron chi connectivity index (χ4n) is 1.06. The molecule has 1 aromatic carbocycles. The summed E-state index contributed by atoms with van der Waals surface area (Å²) in [5.74, 6) is 0.143. The van der Waals surface area contributed by atoms with E-state index in [0.717, 1.165) is 6.07 Å². The van der Waals surface area contributed by atoms with Crippen LogP contribution in [0.15, 0.2) is 21.5 Å². The van der Waals surface area contributed by atoms with Crippen LogP contribution in [-0.2, 0) is 9.05 Å². The lowest BCUT2D eigenvalue weighted by Crippen LogP contribution is -2.01. The molecule has 9 heteroatoms. The Bertz CT molecular complexity index is 544. The van der Waals surface area contributed by atoms with Gasteiger partial charge in [0, 0.05) is 16.7 Å². The number of ether oxygens (including phenoxy) is 1. The lowest BCUT2D eigenvalue weighted by Gasteiger charge is -2.06. The van der Waals surface area contributed by atoms with E-state index in [-0.39, 0.29) is 10.2 Å². The van der Waals surface area contributed by atoms with Gasteiger partial charge in [0.05, 0.1) is 16.5 Å². The molecule has 0 fully saturated rings. The Hall–Kier alpha value is -0.860. The highest BCUT2D eigenvalue weighted by atomic mass is 79.9. The summed E-state index contributed by atoms with van der Waals surface area (Å²) >= 11 is 2.90. The Morgan fingerprint density at radius 1 is 1.50 bits per heavy atom. The SMILES string of the molecule is COc1ccc([N+](=O)[O-])c(S(=O)(=O)Cl)c1Br. The number of halogens is 2. The third-order valence-corrected chi connectivity index (χ3v) is 4.11.